The van der Waals surface area contributed by atoms with E-state index in [1.165, 1.54) is 42.4 Å². The molecule has 0 radical (unpaired) electrons. The van der Waals surface area contributed by atoms with Gasteiger partial charge in [-0.2, -0.15) is 0 Å². The number of aryl methyl sites for hydroxylation is 3. The highest BCUT2D eigenvalue weighted by molar-refractivity contribution is 5.37. The zero-order valence-electron chi connectivity index (χ0n) is 14.3. The van der Waals surface area contributed by atoms with Gasteiger partial charge in [0.2, 0.25) is 0 Å². The molecule has 0 aliphatic heterocycles. The molecule has 0 saturated carbocycles. The zero-order chi connectivity index (χ0) is 15.1. The molecule has 1 N–H and O–H groups in total. The van der Waals surface area contributed by atoms with Gasteiger partial charge in [0, 0.05) is 6.04 Å². The zero-order valence-corrected chi connectivity index (χ0v) is 14.3. The van der Waals surface area contributed by atoms with E-state index in [-0.39, 0.29) is 0 Å². The van der Waals surface area contributed by atoms with E-state index in [0.29, 0.717) is 6.04 Å². The fraction of sp³-hybridized carbons (Fsp3) is 0.684. The van der Waals surface area contributed by atoms with E-state index in [1.54, 1.807) is 5.56 Å². The Morgan fingerprint density at radius 3 is 2.15 bits per heavy atom. The molecular weight excluding hydrogens is 242 g/mol. The molecule has 0 heterocycles. The minimum Gasteiger partial charge on any atom is -0.314 e. The third-order valence-corrected chi connectivity index (χ3v) is 4.24. The fourth-order valence-electron chi connectivity index (χ4n) is 3.10. The summed E-state index contributed by atoms with van der Waals surface area (Å²) in [5.41, 5.74) is 5.87. The lowest BCUT2D eigenvalue weighted by Crippen LogP contribution is -2.34. The Hall–Kier alpha value is -0.820. The van der Waals surface area contributed by atoms with E-state index < -0.39 is 0 Å². The molecule has 1 rings (SSSR count). The smallest absolute Gasteiger partial charge is 0.00901 e. The molecule has 20 heavy (non-hydrogen) atoms. The van der Waals surface area contributed by atoms with E-state index in [0.717, 1.165) is 12.5 Å². The van der Waals surface area contributed by atoms with E-state index >= 15 is 0 Å². The second kappa shape index (κ2) is 8.46. The van der Waals surface area contributed by atoms with Gasteiger partial charge in [-0.05, 0) is 75.6 Å². The fourth-order valence-corrected chi connectivity index (χ4v) is 3.10. The topological polar surface area (TPSA) is 12.0 Å². The molecule has 1 nitrogen and oxygen atoms in total. The van der Waals surface area contributed by atoms with Crippen molar-refractivity contribution >= 4 is 0 Å². The van der Waals surface area contributed by atoms with Crippen LogP contribution in [0.4, 0.5) is 0 Å². The van der Waals surface area contributed by atoms with Crippen molar-refractivity contribution in [2.75, 3.05) is 6.54 Å². The van der Waals surface area contributed by atoms with Crippen molar-refractivity contribution in [2.45, 2.75) is 73.3 Å². The maximum Gasteiger partial charge on any atom is 0.00901 e. The van der Waals surface area contributed by atoms with Gasteiger partial charge in [0.15, 0.2) is 0 Å². The van der Waals surface area contributed by atoms with Crippen molar-refractivity contribution in [2.24, 2.45) is 5.92 Å². The summed E-state index contributed by atoms with van der Waals surface area (Å²) in [6.07, 6.45) is 5.00. The predicted octanol–water partition coefficient (Wildman–Crippen LogP) is 4.96. The average molecular weight is 275 g/mol. The molecule has 1 atom stereocenters. The molecule has 0 amide bonds. The molecule has 0 aliphatic rings. The Balaban J connectivity index is 2.54. The van der Waals surface area contributed by atoms with Gasteiger partial charge in [-0.25, -0.2) is 0 Å². The third kappa shape index (κ3) is 5.28. The Labute approximate surface area is 126 Å². The van der Waals surface area contributed by atoms with Crippen LogP contribution in [0.15, 0.2) is 12.1 Å². The molecule has 114 valence electrons. The average Bonchev–Trinajstić information content (AvgIpc) is 2.35. The second-order valence-corrected chi connectivity index (χ2v) is 6.57. The monoisotopic (exact) mass is 275 g/mol. The summed E-state index contributed by atoms with van der Waals surface area (Å²) >= 11 is 0. The molecular formula is C19H33N. The molecule has 0 aromatic heterocycles. The van der Waals surface area contributed by atoms with Gasteiger partial charge in [-0.3, -0.25) is 0 Å². The Bertz CT molecular complexity index is 383. The lowest BCUT2D eigenvalue weighted by molar-refractivity contribution is 0.370. The highest BCUT2D eigenvalue weighted by atomic mass is 14.9. The Morgan fingerprint density at radius 1 is 1.05 bits per heavy atom. The van der Waals surface area contributed by atoms with Gasteiger partial charge in [-0.15, -0.1) is 0 Å². The van der Waals surface area contributed by atoms with Crippen molar-refractivity contribution in [3.05, 3.63) is 34.4 Å². The van der Waals surface area contributed by atoms with Crippen LogP contribution < -0.4 is 5.32 Å². The van der Waals surface area contributed by atoms with Gasteiger partial charge in [-0.1, -0.05) is 38.5 Å². The molecule has 1 aromatic rings. The van der Waals surface area contributed by atoms with E-state index in [9.17, 15) is 0 Å². The van der Waals surface area contributed by atoms with E-state index in [2.05, 4.69) is 59.0 Å². The van der Waals surface area contributed by atoms with Gasteiger partial charge < -0.3 is 5.32 Å². The summed E-state index contributed by atoms with van der Waals surface area (Å²) in [6, 6.07) is 5.30. The summed E-state index contributed by atoms with van der Waals surface area (Å²) < 4.78 is 0. The SMILES string of the molecule is CCCNC(CCCc1c(C)cc(C)cc1C)C(C)C. The lowest BCUT2D eigenvalue weighted by atomic mass is 9.92. The quantitative estimate of drug-likeness (QED) is 0.707. The van der Waals surface area contributed by atoms with Crippen LogP contribution in [0.3, 0.4) is 0 Å². The number of nitrogens with one attached hydrogen (secondary N) is 1. The van der Waals surface area contributed by atoms with Crippen molar-refractivity contribution < 1.29 is 0 Å². The summed E-state index contributed by atoms with van der Waals surface area (Å²) in [6.45, 7) is 14.7. The minimum atomic E-state index is 0.668. The van der Waals surface area contributed by atoms with Crippen molar-refractivity contribution in [3.63, 3.8) is 0 Å². The van der Waals surface area contributed by atoms with Crippen LogP contribution in [-0.4, -0.2) is 12.6 Å². The predicted molar refractivity (Wildman–Crippen MR) is 90.5 cm³/mol. The molecule has 0 saturated heterocycles. The van der Waals surface area contributed by atoms with Crippen LogP contribution in [0, 0.1) is 26.7 Å². The van der Waals surface area contributed by atoms with Gasteiger partial charge in [0.25, 0.3) is 0 Å². The summed E-state index contributed by atoms with van der Waals surface area (Å²) in [7, 11) is 0. The van der Waals surface area contributed by atoms with Gasteiger partial charge >= 0.3 is 0 Å². The van der Waals surface area contributed by atoms with E-state index in [4.69, 9.17) is 0 Å². The molecule has 0 bridgehead atoms. The summed E-state index contributed by atoms with van der Waals surface area (Å²) in [5, 5.41) is 3.69. The summed E-state index contributed by atoms with van der Waals surface area (Å²) in [4.78, 5) is 0. The van der Waals surface area contributed by atoms with Crippen LogP contribution in [0.1, 0.15) is 62.3 Å². The first-order valence-corrected chi connectivity index (χ1v) is 8.25. The molecule has 0 fully saturated rings. The van der Waals surface area contributed by atoms with E-state index in [1.807, 2.05) is 0 Å². The van der Waals surface area contributed by atoms with Crippen LogP contribution >= 0.6 is 0 Å². The molecule has 0 spiro atoms. The Morgan fingerprint density at radius 2 is 1.65 bits per heavy atom. The van der Waals surface area contributed by atoms with Crippen LogP contribution in [0.25, 0.3) is 0 Å². The molecule has 1 aromatic carbocycles. The number of hydrogen-bond donors (Lipinski definition) is 1. The maximum absolute atomic E-state index is 3.69. The number of benzene rings is 1. The largest absolute Gasteiger partial charge is 0.314 e. The van der Waals surface area contributed by atoms with Gasteiger partial charge in [0.1, 0.15) is 0 Å². The second-order valence-electron chi connectivity index (χ2n) is 6.57. The molecule has 0 aliphatic carbocycles. The normalized spacial score (nSPS) is 12.9. The molecule has 1 unspecified atom stereocenters. The number of rotatable bonds is 8. The first kappa shape index (κ1) is 17.2. The number of hydrogen-bond acceptors (Lipinski definition) is 1. The van der Waals surface area contributed by atoms with Crippen LogP contribution in [0.5, 0.6) is 0 Å². The van der Waals surface area contributed by atoms with Crippen LogP contribution in [-0.2, 0) is 6.42 Å². The van der Waals surface area contributed by atoms with Crippen molar-refractivity contribution in [3.8, 4) is 0 Å². The molecule has 1 heteroatoms. The summed E-state index contributed by atoms with van der Waals surface area (Å²) in [5.74, 6) is 0.724. The first-order chi connectivity index (χ1) is 9.45. The Kier molecular flexibility index (Phi) is 7.29. The van der Waals surface area contributed by atoms with Crippen molar-refractivity contribution in [1.29, 1.82) is 0 Å². The third-order valence-electron chi connectivity index (χ3n) is 4.24. The lowest BCUT2D eigenvalue weighted by Gasteiger charge is -2.22. The van der Waals surface area contributed by atoms with Crippen molar-refractivity contribution in [1.82, 2.24) is 5.32 Å². The first-order valence-electron chi connectivity index (χ1n) is 8.25. The minimum absolute atomic E-state index is 0.668. The van der Waals surface area contributed by atoms with Gasteiger partial charge in [0.05, 0.1) is 0 Å². The standard InChI is InChI=1S/C19H33N/c1-7-11-20-19(14(2)3)10-8-9-18-16(5)12-15(4)13-17(18)6/h12-14,19-20H,7-11H2,1-6H3. The van der Waals surface area contributed by atoms with Crippen LogP contribution in [0.2, 0.25) is 0 Å². The highest BCUT2D eigenvalue weighted by Gasteiger charge is 2.12. The maximum atomic E-state index is 3.69. The highest BCUT2D eigenvalue weighted by Crippen LogP contribution is 2.20.